The van der Waals surface area contributed by atoms with Crippen molar-refractivity contribution in [3.05, 3.63) is 89.5 Å². The monoisotopic (exact) mass is 864 g/mol. The van der Waals surface area contributed by atoms with E-state index in [-0.39, 0.29) is 35.5 Å². The minimum absolute atomic E-state index is 0.132. The molecule has 5 aromatic rings. The lowest BCUT2D eigenvalue weighted by Crippen LogP contribution is -2.52. The number of amides is 1. The van der Waals surface area contributed by atoms with Gasteiger partial charge in [-0.25, -0.2) is 19.6 Å². The number of fused-ring (bicyclic) bond motifs is 5. The van der Waals surface area contributed by atoms with Gasteiger partial charge < -0.3 is 24.2 Å². The van der Waals surface area contributed by atoms with E-state index in [9.17, 15) is 19.5 Å². The molecule has 0 saturated carbocycles. The number of carbonyl (C=O) groups is 3. The van der Waals surface area contributed by atoms with E-state index >= 15 is 0 Å². The molecular formula is C37H28N4O7S7. The van der Waals surface area contributed by atoms with E-state index in [0.717, 1.165) is 16.5 Å². The number of aliphatic hydroxyl groups is 1. The van der Waals surface area contributed by atoms with Crippen LogP contribution in [-0.2, 0) is 42.7 Å². The summed E-state index contributed by atoms with van der Waals surface area (Å²) in [5, 5.41) is 12.6. The molecule has 2 saturated heterocycles. The molecule has 8 rings (SSSR count). The lowest BCUT2D eigenvalue weighted by atomic mass is 9.91. The number of thioether (sulfide) groups is 2. The van der Waals surface area contributed by atoms with E-state index in [2.05, 4.69) is 4.99 Å². The average Bonchev–Trinajstić information content (AvgIpc) is 3.98. The maximum atomic E-state index is 14.6. The Kier molecular flexibility index (Phi) is 10.7. The highest BCUT2D eigenvalue weighted by molar-refractivity contribution is 8.35. The highest BCUT2D eigenvalue weighted by Gasteiger charge is 2.59. The Labute approximate surface area is 346 Å². The summed E-state index contributed by atoms with van der Waals surface area (Å²) in [6.07, 6.45) is -1.04. The molecule has 0 bridgehead atoms. The van der Waals surface area contributed by atoms with Crippen molar-refractivity contribution in [2.75, 3.05) is 13.1 Å². The van der Waals surface area contributed by atoms with Crippen molar-refractivity contribution >= 4 is 138 Å². The SMILES string of the molecule is CCN1C(=O)/C(=N/c2cc3sc4c(c3s2)OC(C(=O)OCc2ccccc2)(C(=O)OCc2ccccc2)c2cc(/N=C3\SC(=S)N(CC)C3O)sc2-4)SC1=S. The van der Waals surface area contributed by atoms with Gasteiger partial charge in [0.2, 0.25) is 0 Å². The van der Waals surface area contributed by atoms with Gasteiger partial charge in [-0.2, -0.15) is 0 Å². The van der Waals surface area contributed by atoms with Gasteiger partial charge in [-0.1, -0.05) is 85.1 Å². The second-order valence-corrected chi connectivity index (χ2v) is 18.5. The molecule has 1 amide bonds. The third-order valence-electron chi connectivity index (χ3n) is 8.73. The number of aliphatic hydroxyl groups excluding tert-OH is 1. The van der Waals surface area contributed by atoms with Crippen molar-refractivity contribution in [1.29, 1.82) is 0 Å². The van der Waals surface area contributed by atoms with E-state index in [1.165, 1.54) is 50.7 Å². The molecule has 3 aliphatic heterocycles. The number of thiocarbonyl (C=S) groups is 2. The predicted molar refractivity (Wildman–Crippen MR) is 228 cm³/mol. The van der Waals surface area contributed by atoms with E-state index in [1.807, 2.05) is 80.6 Å². The first-order chi connectivity index (χ1) is 26.6. The van der Waals surface area contributed by atoms with Crippen LogP contribution in [0.5, 0.6) is 5.75 Å². The molecule has 1 N–H and O–H groups in total. The summed E-state index contributed by atoms with van der Waals surface area (Å²) in [7, 11) is 0. The molecule has 2 aromatic carbocycles. The number of esters is 2. The third-order valence-corrected chi connectivity index (χ3v) is 14.9. The van der Waals surface area contributed by atoms with E-state index in [0.29, 0.717) is 62.4 Å². The number of nitrogens with zero attached hydrogens (tertiary/aromatic N) is 4. The first-order valence-corrected chi connectivity index (χ1v) is 21.7. The minimum Gasteiger partial charge on any atom is -0.457 e. The van der Waals surface area contributed by atoms with Crippen molar-refractivity contribution in [2.24, 2.45) is 9.98 Å². The molecule has 1 atom stereocenters. The smallest absolute Gasteiger partial charge is 0.367 e. The molecule has 0 aliphatic carbocycles. The Morgan fingerprint density at radius 3 is 2.05 bits per heavy atom. The van der Waals surface area contributed by atoms with Crippen molar-refractivity contribution in [2.45, 2.75) is 38.9 Å². The third kappa shape index (κ3) is 6.92. The predicted octanol–water partition coefficient (Wildman–Crippen LogP) is 8.38. The molecule has 0 radical (unpaired) electrons. The Hall–Kier alpha value is -4.01. The van der Waals surface area contributed by atoms with Gasteiger partial charge in [0.1, 0.15) is 36.9 Å². The second kappa shape index (κ2) is 15.5. The average molecular weight is 865 g/mol. The number of hydrogen-bond donors (Lipinski definition) is 1. The minimum atomic E-state index is -2.40. The van der Waals surface area contributed by atoms with Gasteiger partial charge in [0.15, 0.2) is 17.0 Å². The molecule has 280 valence electrons. The van der Waals surface area contributed by atoms with Gasteiger partial charge in [-0.05, 0) is 60.6 Å². The molecule has 6 heterocycles. The number of rotatable bonds is 10. The van der Waals surface area contributed by atoms with Crippen LogP contribution in [0.4, 0.5) is 10.0 Å². The van der Waals surface area contributed by atoms with Crippen LogP contribution in [0.15, 0.2) is 82.8 Å². The molecule has 3 aliphatic rings. The number of hydrogen-bond acceptors (Lipinski definition) is 16. The van der Waals surface area contributed by atoms with Crippen molar-refractivity contribution in [3.8, 4) is 15.5 Å². The van der Waals surface area contributed by atoms with Gasteiger partial charge in [-0.3, -0.25) is 9.69 Å². The Balaban J connectivity index is 1.26. The number of thiophene rings is 3. The summed E-state index contributed by atoms with van der Waals surface area (Å²) in [6, 6.07) is 21.7. The highest BCUT2D eigenvalue weighted by atomic mass is 32.2. The highest BCUT2D eigenvalue weighted by Crippen LogP contribution is 2.60. The first-order valence-electron chi connectivity index (χ1n) is 16.8. The van der Waals surface area contributed by atoms with Gasteiger partial charge in [-0.15, -0.1) is 34.0 Å². The molecule has 0 spiro atoms. The number of benzene rings is 2. The summed E-state index contributed by atoms with van der Waals surface area (Å²) in [4.78, 5) is 56.1. The van der Waals surface area contributed by atoms with Gasteiger partial charge in [0, 0.05) is 18.7 Å². The molecule has 55 heavy (non-hydrogen) atoms. The first kappa shape index (κ1) is 37.9. The fraction of sp³-hybridized carbons (Fsp3) is 0.216. The van der Waals surface area contributed by atoms with Crippen LogP contribution in [0.25, 0.3) is 19.2 Å². The van der Waals surface area contributed by atoms with E-state index in [4.69, 9.17) is 43.6 Å². The van der Waals surface area contributed by atoms with Crippen molar-refractivity contribution in [1.82, 2.24) is 9.80 Å². The van der Waals surface area contributed by atoms with Crippen LogP contribution in [0, 0.1) is 0 Å². The zero-order chi connectivity index (χ0) is 38.4. The number of aliphatic imine (C=N–C) groups is 2. The summed E-state index contributed by atoms with van der Waals surface area (Å²) < 4.78 is 20.8. The summed E-state index contributed by atoms with van der Waals surface area (Å²) in [5.41, 5.74) is -0.769. The maximum absolute atomic E-state index is 14.6. The maximum Gasteiger partial charge on any atom is 0.367 e. The van der Waals surface area contributed by atoms with Crippen LogP contribution in [0.3, 0.4) is 0 Å². The van der Waals surface area contributed by atoms with Gasteiger partial charge in [0.25, 0.3) is 5.91 Å². The molecular weight excluding hydrogens is 837 g/mol. The van der Waals surface area contributed by atoms with Crippen LogP contribution in [0.1, 0.15) is 30.5 Å². The number of carbonyl (C=O) groups excluding carboxylic acids is 3. The largest absolute Gasteiger partial charge is 0.457 e. The normalized spacial score (nSPS) is 19.0. The topological polar surface area (TPSA) is 130 Å². The molecule has 18 heteroatoms. The van der Waals surface area contributed by atoms with Crippen LogP contribution in [0.2, 0.25) is 0 Å². The van der Waals surface area contributed by atoms with Gasteiger partial charge >= 0.3 is 17.5 Å². The van der Waals surface area contributed by atoms with Crippen molar-refractivity contribution < 1.29 is 33.7 Å². The Bertz CT molecular complexity index is 2380. The fourth-order valence-corrected chi connectivity index (χ4v) is 12.4. The van der Waals surface area contributed by atoms with Crippen LogP contribution >= 0.6 is 82.0 Å². The Morgan fingerprint density at radius 1 is 0.836 bits per heavy atom. The summed E-state index contributed by atoms with van der Waals surface area (Å²) in [6.45, 7) is 4.40. The quantitative estimate of drug-likeness (QED) is 0.0823. The molecule has 11 nitrogen and oxygen atoms in total. The van der Waals surface area contributed by atoms with E-state index < -0.39 is 23.8 Å². The summed E-state index contributed by atoms with van der Waals surface area (Å²) in [5.74, 6) is -1.92. The van der Waals surface area contributed by atoms with E-state index in [1.54, 1.807) is 11.0 Å². The zero-order valence-electron chi connectivity index (χ0n) is 28.9. The van der Waals surface area contributed by atoms with Crippen LogP contribution in [-0.4, -0.2) is 70.8 Å². The lowest BCUT2D eigenvalue weighted by Gasteiger charge is -2.33. The summed E-state index contributed by atoms with van der Waals surface area (Å²) >= 11 is 17.1. The Morgan fingerprint density at radius 2 is 1.47 bits per heavy atom. The number of ether oxygens (including phenoxy) is 3. The fourth-order valence-electron chi connectivity index (χ4n) is 6.01. The molecule has 1 unspecified atom stereocenters. The zero-order valence-corrected chi connectivity index (χ0v) is 34.6. The second-order valence-electron chi connectivity index (χ2n) is 12.1. The molecule has 3 aromatic heterocycles. The van der Waals surface area contributed by atoms with Crippen molar-refractivity contribution in [3.63, 3.8) is 0 Å². The van der Waals surface area contributed by atoms with Crippen LogP contribution < -0.4 is 4.74 Å². The molecule has 2 fully saturated rings. The van der Waals surface area contributed by atoms with Gasteiger partial charge in [0.05, 0.1) is 19.2 Å². The lowest BCUT2D eigenvalue weighted by molar-refractivity contribution is -0.183. The standard InChI is InChI=1S/C37H28N4O7S7/c1-3-40-31(42)29(54-35(40)49)38-23-15-21-26(52-23)28-25(27-22(51-28)16-24(53-27)39-30-32(43)41(4-2)36(50)55-30)48-37(21,33(44)46-17-19-11-7-5-8-12-19)34(45)47-18-20-13-9-6-10-14-20/h5-16,31,42H,3-4,17-18H2,1-2H3/b38-29-,39-30-.